The van der Waals surface area contributed by atoms with Crippen molar-refractivity contribution in [3.63, 3.8) is 0 Å². The molecule has 0 bridgehead atoms. The van der Waals surface area contributed by atoms with Crippen LogP contribution in [0.1, 0.15) is 24.8 Å². The van der Waals surface area contributed by atoms with Gasteiger partial charge >= 0.3 is 0 Å². The fourth-order valence-corrected chi connectivity index (χ4v) is 2.43. The topological polar surface area (TPSA) is 31.4 Å². The van der Waals surface area contributed by atoms with Crippen molar-refractivity contribution in [2.45, 2.75) is 19.9 Å². The highest BCUT2D eigenvalue weighted by Gasteiger charge is 2.11. The third-order valence-electron chi connectivity index (χ3n) is 2.66. The molecule has 5 heteroatoms. The second-order valence-electron chi connectivity index (χ2n) is 4.55. The van der Waals surface area contributed by atoms with Gasteiger partial charge in [-0.1, -0.05) is 6.92 Å². The molecule has 0 aromatic carbocycles. The number of nitrogens with one attached hydrogen (secondary N) is 1. The third kappa shape index (κ3) is 4.61. The lowest BCUT2D eigenvalue weighted by Gasteiger charge is -2.18. The predicted molar refractivity (Wildman–Crippen MR) is 76.0 cm³/mol. The zero-order chi connectivity index (χ0) is 12.8. The molecule has 0 radical (unpaired) electrons. The molecule has 0 fully saturated rings. The van der Waals surface area contributed by atoms with Crippen molar-refractivity contribution in [2.75, 3.05) is 45.7 Å². The lowest BCUT2D eigenvalue weighted by Crippen LogP contribution is -2.28. The summed E-state index contributed by atoms with van der Waals surface area (Å²) < 4.78 is 0. The predicted octanol–water partition coefficient (Wildman–Crippen LogP) is 1.81. The normalized spacial score (nSPS) is 13.1. The van der Waals surface area contributed by atoms with Crippen LogP contribution in [-0.2, 0) is 0 Å². The summed E-state index contributed by atoms with van der Waals surface area (Å²) in [4.78, 5) is 10.2. The molecule has 17 heavy (non-hydrogen) atoms. The Labute approximate surface area is 109 Å². The van der Waals surface area contributed by atoms with Crippen molar-refractivity contribution in [3.05, 3.63) is 11.1 Å². The van der Waals surface area contributed by atoms with E-state index in [1.165, 1.54) is 4.88 Å². The number of aromatic nitrogens is 1. The number of hydrogen-bond acceptors (Lipinski definition) is 5. The maximum Gasteiger partial charge on any atom is 0.185 e. The highest BCUT2D eigenvalue weighted by atomic mass is 32.1. The Morgan fingerprint density at radius 3 is 2.65 bits per heavy atom. The Morgan fingerprint density at radius 2 is 2.06 bits per heavy atom. The van der Waals surface area contributed by atoms with Gasteiger partial charge in [0.05, 0.1) is 0 Å². The zero-order valence-corrected chi connectivity index (χ0v) is 12.3. The van der Waals surface area contributed by atoms with E-state index in [2.05, 4.69) is 55.1 Å². The highest BCUT2D eigenvalue weighted by Crippen LogP contribution is 2.26. The van der Waals surface area contributed by atoms with Gasteiger partial charge in [-0.15, -0.1) is 11.3 Å². The molecular formula is C12H24N4S. The van der Waals surface area contributed by atoms with E-state index in [1.54, 1.807) is 11.3 Å². The van der Waals surface area contributed by atoms with Gasteiger partial charge in [0.25, 0.3) is 0 Å². The molecule has 1 aromatic heterocycles. The molecule has 0 spiro atoms. The van der Waals surface area contributed by atoms with E-state index in [1.807, 2.05) is 6.20 Å². The molecule has 1 aromatic rings. The van der Waals surface area contributed by atoms with Crippen LogP contribution >= 0.6 is 11.3 Å². The van der Waals surface area contributed by atoms with E-state index in [9.17, 15) is 0 Å². The van der Waals surface area contributed by atoms with Crippen LogP contribution in [0.15, 0.2) is 6.20 Å². The Hall–Kier alpha value is -0.650. The average molecular weight is 256 g/mol. The van der Waals surface area contributed by atoms with Gasteiger partial charge in [0.2, 0.25) is 0 Å². The molecule has 0 aliphatic carbocycles. The van der Waals surface area contributed by atoms with Gasteiger partial charge in [0.15, 0.2) is 5.13 Å². The van der Waals surface area contributed by atoms with Gasteiger partial charge in [-0.05, 0) is 27.6 Å². The number of anilines is 1. The molecule has 1 atom stereocenters. The van der Waals surface area contributed by atoms with Crippen LogP contribution in [0, 0.1) is 0 Å². The zero-order valence-electron chi connectivity index (χ0n) is 11.5. The maximum absolute atomic E-state index is 4.48. The van der Waals surface area contributed by atoms with Crippen LogP contribution in [0.25, 0.3) is 0 Å². The van der Waals surface area contributed by atoms with Crippen LogP contribution in [0.4, 0.5) is 5.13 Å². The molecule has 0 saturated heterocycles. The molecule has 1 unspecified atom stereocenters. The molecule has 0 saturated carbocycles. The van der Waals surface area contributed by atoms with Crippen molar-refractivity contribution in [1.29, 1.82) is 0 Å². The van der Waals surface area contributed by atoms with Gasteiger partial charge in [0, 0.05) is 37.3 Å². The van der Waals surface area contributed by atoms with Crippen molar-refractivity contribution < 1.29 is 0 Å². The van der Waals surface area contributed by atoms with Crippen LogP contribution in [0.5, 0.6) is 0 Å². The summed E-state index contributed by atoms with van der Waals surface area (Å²) in [5.41, 5.74) is 0. The Morgan fingerprint density at radius 1 is 1.35 bits per heavy atom. The summed E-state index contributed by atoms with van der Waals surface area (Å²) in [6.45, 7) is 7.36. The molecule has 98 valence electrons. The average Bonchev–Trinajstić information content (AvgIpc) is 2.75. The molecule has 0 aliphatic rings. The Balaban J connectivity index is 2.54. The van der Waals surface area contributed by atoms with E-state index in [-0.39, 0.29) is 0 Å². The molecule has 1 rings (SSSR count). The number of hydrogen-bond donors (Lipinski definition) is 1. The lowest BCUT2D eigenvalue weighted by molar-refractivity contribution is 0.416. The summed E-state index contributed by atoms with van der Waals surface area (Å²) in [6.07, 6.45) is 1.99. The largest absolute Gasteiger partial charge is 0.350 e. The maximum atomic E-state index is 4.48. The van der Waals surface area contributed by atoms with Crippen LogP contribution in [-0.4, -0.2) is 50.7 Å². The lowest BCUT2D eigenvalue weighted by atomic mass is 10.3. The first-order valence-corrected chi connectivity index (χ1v) is 6.91. The van der Waals surface area contributed by atoms with Gasteiger partial charge < -0.3 is 15.1 Å². The van der Waals surface area contributed by atoms with E-state index in [0.29, 0.717) is 6.04 Å². The van der Waals surface area contributed by atoms with E-state index >= 15 is 0 Å². The monoisotopic (exact) mass is 256 g/mol. The fraction of sp³-hybridized carbons (Fsp3) is 0.750. The Kier molecular flexibility index (Phi) is 5.88. The standard InChI is InChI=1S/C12H24N4S/c1-6-13-10(2)11-9-14-12(17-11)16(5)8-7-15(3)4/h9-10,13H,6-8H2,1-5H3. The van der Waals surface area contributed by atoms with Gasteiger partial charge in [-0.2, -0.15) is 0 Å². The van der Waals surface area contributed by atoms with Gasteiger partial charge in [-0.25, -0.2) is 4.98 Å². The minimum atomic E-state index is 0.397. The minimum Gasteiger partial charge on any atom is -0.350 e. The van der Waals surface area contributed by atoms with E-state index in [4.69, 9.17) is 0 Å². The van der Waals surface area contributed by atoms with Gasteiger partial charge in [0.1, 0.15) is 0 Å². The highest BCUT2D eigenvalue weighted by molar-refractivity contribution is 7.15. The minimum absolute atomic E-state index is 0.397. The van der Waals surface area contributed by atoms with Crippen LogP contribution in [0.3, 0.4) is 0 Å². The van der Waals surface area contributed by atoms with E-state index < -0.39 is 0 Å². The first-order valence-electron chi connectivity index (χ1n) is 6.09. The Bertz CT molecular complexity index is 324. The van der Waals surface area contributed by atoms with Crippen molar-refractivity contribution in [3.8, 4) is 0 Å². The number of rotatable bonds is 7. The third-order valence-corrected chi connectivity index (χ3v) is 3.95. The van der Waals surface area contributed by atoms with Crippen molar-refractivity contribution in [1.82, 2.24) is 15.2 Å². The second-order valence-corrected chi connectivity index (χ2v) is 5.59. The quantitative estimate of drug-likeness (QED) is 0.806. The summed E-state index contributed by atoms with van der Waals surface area (Å²) in [7, 11) is 6.28. The molecule has 1 N–H and O–H groups in total. The van der Waals surface area contributed by atoms with Crippen LogP contribution in [0.2, 0.25) is 0 Å². The number of likely N-dealkylation sites (N-methyl/N-ethyl adjacent to an activating group) is 2. The SMILES string of the molecule is CCNC(C)c1cnc(N(C)CCN(C)C)s1. The first-order chi connectivity index (χ1) is 8.04. The van der Waals surface area contributed by atoms with E-state index in [0.717, 1.165) is 24.8 Å². The first kappa shape index (κ1) is 14.4. The summed E-state index contributed by atoms with van der Waals surface area (Å²) in [5, 5.41) is 4.51. The fourth-order valence-electron chi connectivity index (χ4n) is 1.51. The summed E-state index contributed by atoms with van der Waals surface area (Å²) >= 11 is 1.77. The molecule has 0 amide bonds. The van der Waals surface area contributed by atoms with Crippen molar-refractivity contribution >= 4 is 16.5 Å². The van der Waals surface area contributed by atoms with Crippen molar-refractivity contribution in [2.24, 2.45) is 0 Å². The summed E-state index contributed by atoms with van der Waals surface area (Å²) in [5.74, 6) is 0. The second kappa shape index (κ2) is 6.93. The number of nitrogens with zero attached hydrogens (tertiary/aromatic N) is 3. The van der Waals surface area contributed by atoms with Crippen LogP contribution < -0.4 is 10.2 Å². The number of thiazole rings is 1. The molecule has 0 aliphatic heterocycles. The summed E-state index contributed by atoms with van der Waals surface area (Å²) in [6, 6.07) is 0.397. The van der Waals surface area contributed by atoms with Gasteiger partial charge in [-0.3, -0.25) is 0 Å². The smallest absolute Gasteiger partial charge is 0.185 e. The molecule has 4 nitrogen and oxygen atoms in total. The molecule has 1 heterocycles. The molecular weight excluding hydrogens is 232 g/mol.